The van der Waals surface area contributed by atoms with Crippen LogP contribution in [-0.4, -0.2) is 18.2 Å². The summed E-state index contributed by atoms with van der Waals surface area (Å²) in [6.07, 6.45) is 1.25. The maximum absolute atomic E-state index is 11.1. The van der Waals surface area contributed by atoms with E-state index in [1.54, 1.807) is 21.0 Å². The Balaban J connectivity index is 2.94. The summed E-state index contributed by atoms with van der Waals surface area (Å²) in [5.74, 6) is 0.0168. The fourth-order valence-electron chi connectivity index (χ4n) is 2.06. The molecule has 0 spiro atoms. The lowest BCUT2D eigenvalue weighted by atomic mass is 9.83. The molecule has 0 saturated carbocycles. The third-order valence-corrected chi connectivity index (χ3v) is 3.42. The Hall–Kier alpha value is -1.55. The van der Waals surface area contributed by atoms with E-state index in [0.29, 0.717) is 6.42 Å². The molecule has 1 rings (SSSR count). The zero-order chi connectivity index (χ0) is 14.6. The second-order valence-electron chi connectivity index (χ2n) is 5.42. The first-order valence-electron chi connectivity index (χ1n) is 6.47. The highest BCUT2D eigenvalue weighted by atomic mass is 16.5. The molecule has 0 radical (unpaired) electrons. The van der Waals surface area contributed by atoms with E-state index in [1.165, 1.54) is 0 Å². The van der Waals surface area contributed by atoms with Crippen LogP contribution in [-0.2, 0) is 11.2 Å². The molecule has 1 unspecified atom stereocenters. The van der Waals surface area contributed by atoms with Crippen molar-refractivity contribution < 1.29 is 14.6 Å². The normalized spacial score (nSPS) is 13.1. The molecule has 0 fully saturated rings. The van der Waals surface area contributed by atoms with Gasteiger partial charge < -0.3 is 15.6 Å². The van der Waals surface area contributed by atoms with Crippen molar-refractivity contribution in [3.63, 3.8) is 0 Å². The van der Waals surface area contributed by atoms with Gasteiger partial charge in [-0.15, -0.1) is 0 Å². The van der Waals surface area contributed by atoms with E-state index in [4.69, 9.17) is 15.6 Å². The van der Waals surface area contributed by atoms with Gasteiger partial charge >= 0.3 is 5.97 Å². The van der Waals surface area contributed by atoms with Gasteiger partial charge in [-0.2, -0.15) is 0 Å². The van der Waals surface area contributed by atoms with Gasteiger partial charge in [0.2, 0.25) is 0 Å². The lowest BCUT2D eigenvalue weighted by molar-refractivity contribution is -0.147. The lowest BCUT2D eigenvalue weighted by Crippen LogP contribution is -2.29. The summed E-state index contributed by atoms with van der Waals surface area (Å²) in [6.45, 7) is 5.44. The Kier molecular flexibility index (Phi) is 4.95. The Bertz CT molecular complexity index is 455. The zero-order valence-electron chi connectivity index (χ0n) is 12.1. The first-order chi connectivity index (χ1) is 8.81. The maximum atomic E-state index is 11.1. The number of aryl methyl sites for hydroxylation is 1. The van der Waals surface area contributed by atoms with Crippen molar-refractivity contribution >= 4 is 5.97 Å². The maximum Gasteiger partial charge on any atom is 0.309 e. The summed E-state index contributed by atoms with van der Waals surface area (Å²) < 4.78 is 5.28. The van der Waals surface area contributed by atoms with E-state index in [0.717, 1.165) is 23.3 Å². The van der Waals surface area contributed by atoms with Crippen LogP contribution in [0.15, 0.2) is 18.2 Å². The van der Waals surface area contributed by atoms with E-state index in [2.05, 4.69) is 0 Å². The van der Waals surface area contributed by atoms with Crippen LogP contribution in [0.3, 0.4) is 0 Å². The summed E-state index contributed by atoms with van der Waals surface area (Å²) in [4.78, 5) is 11.1. The van der Waals surface area contributed by atoms with Gasteiger partial charge in [0, 0.05) is 6.04 Å². The van der Waals surface area contributed by atoms with Gasteiger partial charge in [0.25, 0.3) is 0 Å². The Morgan fingerprint density at radius 3 is 2.58 bits per heavy atom. The van der Waals surface area contributed by atoms with E-state index in [9.17, 15) is 4.79 Å². The molecule has 0 heterocycles. The van der Waals surface area contributed by atoms with Crippen LogP contribution in [0.5, 0.6) is 5.75 Å². The molecule has 0 aromatic heterocycles. The van der Waals surface area contributed by atoms with Crippen LogP contribution in [0.25, 0.3) is 0 Å². The smallest absolute Gasteiger partial charge is 0.309 e. The molecule has 1 aromatic rings. The predicted molar refractivity (Wildman–Crippen MR) is 75.3 cm³/mol. The number of nitrogens with two attached hydrogens (primary N) is 1. The number of carbonyl (C=O) groups is 1. The van der Waals surface area contributed by atoms with Crippen LogP contribution >= 0.6 is 0 Å². The molecule has 0 amide bonds. The minimum atomic E-state index is -0.828. The van der Waals surface area contributed by atoms with Crippen molar-refractivity contribution in [2.45, 2.75) is 39.7 Å². The number of ether oxygens (including phenoxy) is 1. The monoisotopic (exact) mass is 265 g/mol. The van der Waals surface area contributed by atoms with Crippen molar-refractivity contribution in [3.05, 3.63) is 29.3 Å². The average molecular weight is 265 g/mol. The fraction of sp³-hybridized carbons (Fsp3) is 0.533. The number of carboxylic acid groups (broad SMARTS) is 1. The standard InChI is InChI=1S/C15H23NO3/c1-5-10-8-11(6-7-13(10)19-4)12(16)9-15(2,3)14(17)18/h6-8,12H,5,9,16H2,1-4H3,(H,17,18). The third kappa shape index (κ3) is 3.70. The summed E-state index contributed by atoms with van der Waals surface area (Å²) in [5.41, 5.74) is 7.34. The molecule has 3 N–H and O–H groups in total. The van der Waals surface area contributed by atoms with Gasteiger partial charge in [0.1, 0.15) is 5.75 Å². The minimum absolute atomic E-state index is 0.290. The summed E-state index contributed by atoms with van der Waals surface area (Å²) >= 11 is 0. The second kappa shape index (κ2) is 6.06. The number of rotatable bonds is 6. The summed E-state index contributed by atoms with van der Waals surface area (Å²) in [7, 11) is 1.64. The quantitative estimate of drug-likeness (QED) is 0.829. The first kappa shape index (κ1) is 15.5. The van der Waals surface area contributed by atoms with Crippen LogP contribution in [0.2, 0.25) is 0 Å². The van der Waals surface area contributed by atoms with Gasteiger partial charge in [0.05, 0.1) is 12.5 Å². The van der Waals surface area contributed by atoms with Crippen LogP contribution in [0.4, 0.5) is 0 Å². The third-order valence-electron chi connectivity index (χ3n) is 3.42. The summed E-state index contributed by atoms with van der Waals surface area (Å²) in [6, 6.07) is 5.51. The molecular weight excluding hydrogens is 242 g/mol. The Morgan fingerprint density at radius 1 is 1.47 bits per heavy atom. The van der Waals surface area contributed by atoms with E-state index >= 15 is 0 Å². The predicted octanol–water partition coefficient (Wildman–Crippen LogP) is 2.76. The first-order valence-corrected chi connectivity index (χ1v) is 6.47. The molecule has 0 bridgehead atoms. The molecular formula is C15H23NO3. The van der Waals surface area contributed by atoms with E-state index < -0.39 is 11.4 Å². The Morgan fingerprint density at radius 2 is 2.11 bits per heavy atom. The Labute approximate surface area is 114 Å². The van der Waals surface area contributed by atoms with Crippen LogP contribution in [0.1, 0.15) is 44.4 Å². The molecule has 106 valence electrons. The number of hydrogen-bond donors (Lipinski definition) is 2. The molecule has 4 heteroatoms. The summed E-state index contributed by atoms with van der Waals surface area (Å²) in [5, 5.41) is 9.14. The van der Waals surface area contributed by atoms with Crippen molar-refractivity contribution in [1.29, 1.82) is 0 Å². The minimum Gasteiger partial charge on any atom is -0.496 e. The molecule has 1 aromatic carbocycles. The number of carboxylic acids is 1. The average Bonchev–Trinajstić information content (AvgIpc) is 2.37. The molecule has 0 aliphatic rings. The number of aliphatic carboxylic acids is 1. The highest BCUT2D eigenvalue weighted by Crippen LogP contribution is 2.31. The molecule has 4 nitrogen and oxygen atoms in total. The highest BCUT2D eigenvalue weighted by molar-refractivity contribution is 5.73. The van der Waals surface area contributed by atoms with Crippen molar-refractivity contribution in [2.24, 2.45) is 11.1 Å². The highest BCUT2D eigenvalue weighted by Gasteiger charge is 2.30. The van der Waals surface area contributed by atoms with Crippen molar-refractivity contribution in [1.82, 2.24) is 0 Å². The van der Waals surface area contributed by atoms with Gasteiger partial charge in [-0.25, -0.2) is 0 Å². The number of benzene rings is 1. The van der Waals surface area contributed by atoms with E-state index in [-0.39, 0.29) is 6.04 Å². The van der Waals surface area contributed by atoms with Crippen LogP contribution in [0, 0.1) is 5.41 Å². The van der Waals surface area contributed by atoms with Crippen molar-refractivity contribution in [3.8, 4) is 5.75 Å². The van der Waals surface area contributed by atoms with Gasteiger partial charge in [0.15, 0.2) is 0 Å². The lowest BCUT2D eigenvalue weighted by Gasteiger charge is -2.24. The second-order valence-corrected chi connectivity index (χ2v) is 5.42. The van der Waals surface area contributed by atoms with Gasteiger partial charge in [-0.05, 0) is 43.9 Å². The number of hydrogen-bond acceptors (Lipinski definition) is 3. The largest absolute Gasteiger partial charge is 0.496 e. The van der Waals surface area contributed by atoms with E-state index in [1.807, 2.05) is 25.1 Å². The molecule has 0 aliphatic carbocycles. The molecule has 0 aliphatic heterocycles. The topological polar surface area (TPSA) is 72.6 Å². The number of methoxy groups -OCH3 is 1. The zero-order valence-corrected chi connectivity index (χ0v) is 12.1. The molecule has 19 heavy (non-hydrogen) atoms. The van der Waals surface area contributed by atoms with Crippen LogP contribution < -0.4 is 10.5 Å². The fourth-order valence-corrected chi connectivity index (χ4v) is 2.06. The molecule has 0 saturated heterocycles. The van der Waals surface area contributed by atoms with Gasteiger partial charge in [-0.1, -0.05) is 19.1 Å². The molecule has 1 atom stereocenters. The van der Waals surface area contributed by atoms with Crippen molar-refractivity contribution in [2.75, 3.05) is 7.11 Å². The van der Waals surface area contributed by atoms with Gasteiger partial charge in [-0.3, -0.25) is 4.79 Å². The SMILES string of the molecule is CCc1cc(C(N)CC(C)(C)C(=O)O)ccc1OC.